The predicted molar refractivity (Wildman–Crippen MR) is 126 cm³/mol. The zero-order valence-corrected chi connectivity index (χ0v) is 19.6. The van der Waals surface area contributed by atoms with Gasteiger partial charge in [-0.2, -0.15) is 5.10 Å². The molecule has 3 rings (SSSR count). The van der Waals surface area contributed by atoms with E-state index in [0.29, 0.717) is 0 Å². The van der Waals surface area contributed by atoms with Gasteiger partial charge in [-0.1, -0.05) is 67.6 Å². The van der Waals surface area contributed by atoms with Crippen LogP contribution < -0.4 is 0 Å². The highest BCUT2D eigenvalue weighted by atomic mass is 16.5. The summed E-state index contributed by atoms with van der Waals surface area (Å²) in [4.78, 5) is 24.3. The second kappa shape index (κ2) is 11.1. The van der Waals surface area contributed by atoms with E-state index in [1.54, 1.807) is 20.2 Å². The topological polar surface area (TPSA) is 77.4 Å². The van der Waals surface area contributed by atoms with Gasteiger partial charge in [-0.05, 0) is 24.0 Å². The lowest BCUT2D eigenvalue weighted by atomic mass is 9.79. The molecule has 0 bridgehead atoms. The average Bonchev–Trinajstić information content (AvgIpc) is 3.33. The second-order valence-corrected chi connectivity index (χ2v) is 8.14. The SMILES string of the molecule is COC(=O)C(C(=O)OC)[C@@H](C)/C=N/N1CCC[C@H]1C(OC)(c1ccccc1)c1ccccc1. The van der Waals surface area contributed by atoms with E-state index in [1.165, 1.54) is 14.2 Å². The first-order valence-corrected chi connectivity index (χ1v) is 11.1. The van der Waals surface area contributed by atoms with Gasteiger partial charge >= 0.3 is 11.9 Å². The summed E-state index contributed by atoms with van der Waals surface area (Å²) in [5, 5.41) is 6.74. The molecule has 33 heavy (non-hydrogen) atoms. The number of methoxy groups -OCH3 is 3. The molecular formula is C26H32N2O5. The summed E-state index contributed by atoms with van der Waals surface area (Å²) in [5.74, 6) is -2.85. The van der Waals surface area contributed by atoms with E-state index < -0.39 is 29.4 Å². The van der Waals surface area contributed by atoms with Crippen LogP contribution in [-0.4, -0.2) is 57.1 Å². The van der Waals surface area contributed by atoms with Crippen molar-refractivity contribution in [2.45, 2.75) is 31.4 Å². The molecular weight excluding hydrogens is 420 g/mol. The molecule has 2 aromatic rings. The Hall–Kier alpha value is -3.19. The fraction of sp³-hybridized carbons (Fsp3) is 0.423. The Balaban J connectivity index is 1.98. The van der Waals surface area contributed by atoms with Crippen LogP contribution in [0.15, 0.2) is 65.8 Å². The van der Waals surface area contributed by atoms with Crippen molar-refractivity contribution >= 4 is 18.2 Å². The lowest BCUT2D eigenvalue weighted by Crippen LogP contribution is -2.48. The Kier molecular flexibility index (Phi) is 8.22. The molecule has 7 nitrogen and oxygen atoms in total. The van der Waals surface area contributed by atoms with Gasteiger partial charge in [0.1, 0.15) is 5.60 Å². The van der Waals surface area contributed by atoms with Gasteiger partial charge in [0.2, 0.25) is 0 Å². The normalized spacial score (nSPS) is 17.4. The number of hydrogen-bond donors (Lipinski definition) is 0. The van der Waals surface area contributed by atoms with Gasteiger partial charge in [-0.3, -0.25) is 14.6 Å². The van der Waals surface area contributed by atoms with Crippen molar-refractivity contribution in [2.75, 3.05) is 27.9 Å². The number of nitrogens with zero attached hydrogens (tertiary/aromatic N) is 2. The van der Waals surface area contributed by atoms with Gasteiger partial charge in [0.25, 0.3) is 0 Å². The quantitative estimate of drug-likeness (QED) is 0.329. The molecule has 1 aliphatic rings. The van der Waals surface area contributed by atoms with Crippen molar-refractivity contribution in [3.63, 3.8) is 0 Å². The van der Waals surface area contributed by atoms with Crippen LogP contribution in [0.2, 0.25) is 0 Å². The summed E-state index contributed by atoms with van der Waals surface area (Å²) in [6, 6.07) is 20.2. The smallest absolute Gasteiger partial charge is 0.320 e. The Morgan fingerprint density at radius 2 is 1.48 bits per heavy atom. The summed E-state index contributed by atoms with van der Waals surface area (Å²) < 4.78 is 15.9. The fourth-order valence-electron chi connectivity index (χ4n) is 4.65. The van der Waals surface area contributed by atoms with Crippen molar-refractivity contribution in [1.82, 2.24) is 5.01 Å². The van der Waals surface area contributed by atoms with Gasteiger partial charge in [-0.15, -0.1) is 0 Å². The molecule has 2 aromatic carbocycles. The first-order chi connectivity index (χ1) is 16.0. The molecule has 1 saturated heterocycles. The fourth-order valence-corrected chi connectivity index (χ4v) is 4.65. The van der Waals surface area contributed by atoms with Gasteiger partial charge in [0.05, 0.1) is 20.3 Å². The zero-order chi connectivity index (χ0) is 23.8. The van der Waals surface area contributed by atoms with E-state index in [-0.39, 0.29) is 6.04 Å². The predicted octanol–water partition coefficient (Wildman–Crippen LogP) is 3.63. The van der Waals surface area contributed by atoms with Crippen molar-refractivity contribution in [3.05, 3.63) is 71.8 Å². The average molecular weight is 453 g/mol. The van der Waals surface area contributed by atoms with Gasteiger partial charge in [0.15, 0.2) is 5.92 Å². The van der Waals surface area contributed by atoms with Crippen molar-refractivity contribution in [3.8, 4) is 0 Å². The highest BCUT2D eigenvalue weighted by Gasteiger charge is 2.47. The van der Waals surface area contributed by atoms with Crippen molar-refractivity contribution in [2.24, 2.45) is 16.9 Å². The maximum Gasteiger partial charge on any atom is 0.320 e. The van der Waals surface area contributed by atoms with E-state index in [1.807, 2.05) is 41.4 Å². The van der Waals surface area contributed by atoms with Crippen LogP contribution in [0.1, 0.15) is 30.9 Å². The number of carbonyl (C=O) groups is 2. The third-order valence-corrected chi connectivity index (χ3v) is 6.31. The van der Waals surface area contributed by atoms with E-state index in [0.717, 1.165) is 30.5 Å². The minimum Gasteiger partial charge on any atom is -0.468 e. The molecule has 1 fully saturated rings. The van der Waals surface area contributed by atoms with Crippen LogP contribution in [0.4, 0.5) is 0 Å². The number of esters is 2. The highest BCUT2D eigenvalue weighted by molar-refractivity contribution is 5.97. The van der Waals surface area contributed by atoms with E-state index in [9.17, 15) is 9.59 Å². The van der Waals surface area contributed by atoms with Crippen molar-refractivity contribution < 1.29 is 23.8 Å². The van der Waals surface area contributed by atoms with E-state index in [4.69, 9.17) is 19.3 Å². The molecule has 0 aromatic heterocycles. The highest BCUT2D eigenvalue weighted by Crippen LogP contribution is 2.43. The molecule has 1 aliphatic heterocycles. The van der Waals surface area contributed by atoms with Crippen LogP contribution >= 0.6 is 0 Å². The van der Waals surface area contributed by atoms with Crippen LogP contribution in [0.25, 0.3) is 0 Å². The largest absolute Gasteiger partial charge is 0.468 e. The maximum absolute atomic E-state index is 12.2. The minimum atomic E-state index is -1.07. The monoisotopic (exact) mass is 452 g/mol. The first-order valence-electron chi connectivity index (χ1n) is 11.1. The molecule has 0 radical (unpaired) electrons. The standard InChI is InChI=1S/C26H32N2O5/c1-19(23(24(29)31-2)25(30)32-3)18-27-28-17-11-16-22(28)26(33-4,20-12-7-5-8-13-20)21-14-9-6-10-15-21/h5-10,12-15,18-19,22-23H,11,16-17H2,1-4H3/b27-18+/t19-,22-/m0/s1. The van der Waals surface area contributed by atoms with Crippen LogP contribution in [-0.2, 0) is 29.4 Å². The lowest BCUT2D eigenvalue weighted by molar-refractivity contribution is -0.160. The maximum atomic E-state index is 12.2. The van der Waals surface area contributed by atoms with Crippen LogP contribution in [0.5, 0.6) is 0 Å². The Morgan fingerprint density at radius 1 is 0.970 bits per heavy atom. The zero-order valence-electron chi connectivity index (χ0n) is 19.6. The number of hydrazone groups is 1. The number of ether oxygens (including phenoxy) is 3. The van der Waals surface area contributed by atoms with Crippen LogP contribution in [0, 0.1) is 11.8 Å². The van der Waals surface area contributed by atoms with E-state index >= 15 is 0 Å². The second-order valence-electron chi connectivity index (χ2n) is 8.14. The molecule has 176 valence electrons. The molecule has 2 atom stereocenters. The third kappa shape index (κ3) is 4.93. The Labute approximate surface area is 195 Å². The molecule has 0 amide bonds. The molecule has 0 spiro atoms. The van der Waals surface area contributed by atoms with Gasteiger partial charge in [-0.25, -0.2) is 0 Å². The number of rotatable bonds is 9. The van der Waals surface area contributed by atoms with Gasteiger partial charge < -0.3 is 14.2 Å². The number of hydrogen-bond acceptors (Lipinski definition) is 7. The van der Waals surface area contributed by atoms with E-state index in [2.05, 4.69) is 24.3 Å². The molecule has 1 heterocycles. The summed E-state index contributed by atoms with van der Waals surface area (Å²) in [6.45, 7) is 2.49. The third-order valence-electron chi connectivity index (χ3n) is 6.31. The summed E-state index contributed by atoms with van der Waals surface area (Å²) in [6.07, 6.45) is 3.45. The number of carbonyl (C=O) groups excluding carboxylic acids is 2. The molecule has 0 N–H and O–H groups in total. The summed E-state index contributed by atoms with van der Waals surface area (Å²) in [5.41, 5.74) is 1.35. The van der Waals surface area contributed by atoms with Gasteiger partial charge in [0, 0.05) is 25.8 Å². The Morgan fingerprint density at radius 3 is 1.94 bits per heavy atom. The summed E-state index contributed by atoms with van der Waals surface area (Å²) >= 11 is 0. The molecule has 7 heteroatoms. The summed E-state index contributed by atoms with van der Waals surface area (Å²) in [7, 11) is 4.24. The minimum absolute atomic E-state index is 0.0783. The van der Waals surface area contributed by atoms with Crippen LogP contribution in [0.3, 0.4) is 0 Å². The lowest BCUT2D eigenvalue weighted by Gasteiger charge is -2.42. The molecule has 0 saturated carbocycles. The molecule has 0 aliphatic carbocycles. The number of benzene rings is 2. The first kappa shape index (κ1) is 24.5. The van der Waals surface area contributed by atoms with Crippen molar-refractivity contribution in [1.29, 1.82) is 0 Å². The molecule has 0 unspecified atom stereocenters. The Bertz CT molecular complexity index is 892.